The van der Waals surface area contributed by atoms with Crippen molar-refractivity contribution in [3.05, 3.63) is 48.0 Å². The average molecular weight is 401 g/mol. The van der Waals surface area contributed by atoms with Gasteiger partial charge in [0.1, 0.15) is 6.04 Å². The maximum Gasteiger partial charge on any atom is 0.328 e. The molecule has 8 nitrogen and oxygen atoms in total. The molecule has 0 aromatic heterocycles. The Balaban J connectivity index is 2.33. The molecule has 2 aromatic carbocycles. The summed E-state index contributed by atoms with van der Waals surface area (Å²) in [4.78, 5) is 49.3. The maximum absolute atomic E-state index is 12.8. The minimum Gasteiger partial charge on any atom is -0.468 e. The molecule has 2 aromatic rings. The summed E-state index contributed by atoms with van der Waals surface area (Å²) >= 11 is 0. The van der Waals surface area contributed by atoms with Gasteiger partial charge >= 0.3 is 17.9 Å². The zero-order valence-electron chi connectivity index (χ0n) is 16.6. The number of esters is 3. The van der Waals surface area contributed by atoms with Gasteiger partial charge < -0.3 is 19.5 Å². The van der Waals surface area contributed by atoms with Crippen molar-refractivity contribution >= 4 is 34.6 Å². The summed E-state index contributed by atoms with van der Waals surface area (Å²) < 4.78 is 14.1. The summed E-state index contributed by atoms with van der Waals surface area (Å²) in [6, 6.07) is 11.3. The molecule has 0 heterocycles. The first-order valence-corrected chi connectivity index (χ1v) is 8.87. The van der Waals surface area contributed by atoms with Crippen LogP contribution in [0.3, 0.4) is 0 Å². The van der Waals surface area contributed by atoms with Gasteiger partial charge in [-0.3, -0.25) is 14.4 Å². The van der Waals surface area contributed by atoms with E-state index in [0.29, 0.717) is 5.56 Å². The smallest absolute Gasteiger partial charge is 0.328 e. The van der Waals surface area contributed by atoms with Crippen molar-refractivity contribution in [3.8, 4) is 0 Å². The summed E-state index contributed by atoms with van der Waals surface area (Å²) in [5.41, 5.74) is 0.317. The van der Waals surface area contributed by atoms with Gasteiger partial charge in [-0.2, -0.15) is 0 Å². The quantitative estimate of drug-likeness (QED) is 0.427. The molecule has 0 aliphatic rings. The topological polar surface area (TPSA) is 108 Å². The number of nitrogens with one attached hydrogen (secondary N) is 1. The molecule has 0 spiro atoms. The van der Waals surface area contributed by atoms with Gasteiger partial charge in [-0.25, -0.2) is 4.79 Å². The van der Waals surface area contributed by atoms with Gasteiger partial charge in [0.25, 0.3) is 5.91 Å². The molecule has 1 amide bonds. The minimum atomic E-state index is -1.41. The molecule has 0 bridgehead atoms. The van der Waals surface area contributed by atoms with E-state index >= 15 is 0 Å². The van der Waals surface area contributed by atoms with Crippen molar-refractivity contribution in [1.29, 1.82) is 0 Å². The largest absolute Gasteiger partial charge is 0.468 e. The maximum atomic E-state index is 12.8. The van der Waals surface area contributed by atoms with Crippen LogP contribution in [-0.2, 0) is 28.6 Å². The first-order valence-electron chi connectivity index (χ1n) is 8.87. The molecule has 0 unspecified atom stereocenters. The fourth-order valence-electron chi connectivity index (χ4n) is 3.06. The highest BCUT2D eigenvalue weighted by molar-refractivity contribution is 6.01. The Morgan fingerprint density at radius 3 is 1.90 bits per heavy atom. The Kier molecular flexibility index (Phi) is 7.30. The summed E-state index contributed by atoms with van der Waals surface area (Å²) in [6.07, 6.45) is 0. The van der Waals surface area contributed by atoms with Gasteiger partial charge in [-0.1, -0.05) is 37.3 Å². The number of amides is 1. The van der Waals surface area contributed by atoms with Crippen LogP contribution in [0, 0.1) is 11.8 Å². The molecule has 0 aliphatic heterocycles. The van der Waals surface area contributed by atoms with Gasteiger partial charge in [0.15, 0.2) is 5.92 Å². The van der Waals surface area contributed by atoms with Crippen molar-refractivity contribution < 1.29 is 33.4 Å². The van der Waals surface area contributed by atoms with Crippen LogP contribution in [0.1, 0.15) is 17.3 Å². The van der Waals surface area contributed by atoms with Gasteiger partial charge in [-0.05, 0) is 22.9 Å². The molecule has 154 valence electrons. The van der Waals surface area contributed by atoms with Crippen LogP contribution in [-0.4, -0.2) is 51.2 Å². The molecule has 0 saturated heterocycles. The summed E-state index contributed by atoms with van der Waals surface area (Å²) in [5.74, 6) is -5.50. The number of hydrogen-bond donors (Lipinski definition) is 1. The molecule has 2 atom stereocenters. The molecular weight excluding hydrogens is 378 g/mol. The third-order valence-corrected chi connectivity index (χ3v) is 4.72. The number of hydrogen-bond acceptors (Lipinski definition) is 7. The van der Waals surface area contributed by atoms with Crippen LogP contribution in [0.25, 0.3) is 10.8 Å². The number of carbonyl (C=O) groups excluding carboxylic acids is 4. The Morgan fingerprint density at radius 1 is 0.793 bits per heavy atom. The van der Waals surface area contributed by atoms with E-state index in [-0.39, 0.29) is 0 Å². The monoisotopic (exact) mass is 401 g/mol. The van der Waals surface area contributed by atoms with Crippen LogP contribution >= 0.6 is 0 Å². The van der Waals surface area contributed by atoms with E-state index in [1.807, 2.05) is 24.3 Å². The fraction of sp³-hybridized carbons (Fsp3) is 0.333. The molecule has 0 saturated carbocycles. The fourth-order valence-corrected chi connectivity index (χ4v) is 3.06. The van der Waals surface area contributed by atoms with E-state index in [0.717, 1.165) is 32.1 Å². The van der Waals surface area contributed by atoms with Gasteiger partial charge in [0.2, 0.25) is 0 Å². The first-order chi connectivity index (χ1) is 13.8. The lowest BCUT2D eigenvalue weighted by Gasteiger charge is -2.27. The predicted molar refractivity (Wildman–Crippen MR) is 104 cm³/mol. The van der Waals surface area contributed by atoms with Crippen molar-refractivity contribution in [1.82, 2.24) is 5.32 Å². The van der Waals surface area contributed by atoms with Crippen LogP contribution < -0.4 is 5.32 Å². The number of rotatable bonds is 7. The van der Waals surface area contributed by atoms with E-state index in [2.05, 4.69) is 14.8 Å². The second-order valence-electron chi connectivity index (χ2n) is 6.42. The molecular formula is C21H23NO7. The van der Waals surface area contributed by atoms with E-state index in [1.165, 1.54) is 6.92 Å². The second-order valence-corrected chi connectivity index (χ2v) is 6.42. The van der Waals surface area contributed by atoms with E-state index in [4.69, 9.17) is 4.74 Å². The Labute approximate surface area is 168 Å². The molecule has 8 heteroatoms. The highest BCUT2D eigenvalue weighted by Gasteiger charge is 2.42. The van der Waals surface area contributed by atoms with Crippen molar-refractivity contribution in [3.63, 3.8) is 0 Å². The summed E-state index contributed by atoms with van der Waals surface area (Å²) in [7, 11) is 3.38. The van der Waals surface area contributed by atoms with E-state index in [1.54, 1.807) is 18.2 Å². The van der Waals surface area contributed by atoms with Crippen molar-refractivity contribution in [2.75, 3.05) is 21.3 Å². The molecule has 0 aliphatic carbocycles. The van der Waals surface area contributed by atoms with Crippen LogP contribution in [0.5, 0.6) is 0 Å². The van der Waals surface area contributed by atoms with Crippen LogP contribution in [0.15, 0.2) is 42.5 Å². The van der Waals surface area contributed by atoms with Gasteiger partial charge in [-0.15, -0.1) is 0 Å². The van der Waals surface area contributed by atoms with Gasteiger partial charge in [0, 0.05) is 11.5 Å². The Bertz CT molecular complexity index is 908. The Morgan fingerprint density at radius 2 is 1.34 bits per heavy atom. The van der Waals surface area contributed by atoms with Gasteiger partial charge in [0.05, 0.1) is 21.3 Å². The van der Waals surface area contributed by atoms with E-state index < -0.39 is 41.7 Å². The van der Waals surface area contributed by atoms with Crippen molar-refractivity contribution in [2.24, 2.45) is 11.8 Å². The third kappa shape index (κ3) is 4.90. The lowest BCUT2D eigenvalue weighted by molar-refractivity contribution is -0.162. The number of benzene rings is 2. The highest BCUT2D eigenvalue weighted by Crippen LogP contribution is 2.21. The third-order valence-electron chi connectivity index (χ3n) is 4.72. The first kappa shape index (κ1) is 21.9. The Hall–Kier alpha value is -3.42. The predicted octanol–water partition coefficient (Wildman–Crippen LogP) is 1.71. The SMILES string of the molecule is COC(=O)C(C(=O)OC)[C@@H](C)[C@H](NC(=O)c1ccc2ccccc2c1)C(=O)OC. The van der Waals surface area contributed by atoms with E-state index in [9.17, 15) is 19.2 Å². The zero-order chi connectivity index (χ0) is 21.6. The molecule has 2 rings (SSSR count). The molecule has 0 radical (unpaired) electrons. The van der Waals surface area contributed by atoms with Crippen LogP contribution in [0.2, 0.25) is 0 Å². The lowest BCUT2D eigenvalue weighted by atomic mass is 9.87. The number of ether oxygens (including phenoxy) is 3. The molecule has 29 heavy (non-hydrogen) atoms. The van der Waals surface area contributed by atoms with Crippen molar-refractivity contribution in [2.45, 2.75) is 13.0 Å². The summed E-state index contributed by atoms with van der Waals surface area (Å²) in [5, 5.41) is 4.37. The molecule has 0 fully saturated rings. The van der Waals surface area contributed by atoms with Crippen LogP contribution in [0.4, 0.5) is 0 Å². The highest BCUT2D eigenvalue weighted by atomic mass is 16.5. The number of carbonyl (C=O) groups is 4. The lowest BCUT2D eigenvalue weighted by Crippen LogP contribution is -2.51. The molecule has 1 N–H and O–H groups in total. The summed E-state index contributed by atoms with van der Waals surface area (Å²) in [6.45, 7) is 1.46. The minimum absolute atomic E-state index is 0.317. The normalized spacial score (nSPS) is 12.7. The zero-order valence-corrected chi connectivity index (χ0v) is 16.6. The number of fused-ring (bicyclic) bond motifs is 1. The average Bonchev–Trinajstić information content (AvgIpc) is 2.75. The second kappa shape index (κ2) is 9.68. The standard InChI is InChI=1S/C21H23NO7/c1-12(16(19(24)27-2)20(25)28-3)17(21(26)29-4)22-18(23)15-10-9-13-7-5-6-8-14(13)11-15/h5-12,16-17H,1-4H3,(H,22,23)/t12-,17+/m1/s1. The number of methoxy groups -OCH3 is 3.